The van der Waals surface area contributed by atoms with Gasteiger partial charge in [0, 0.05) is 41.9 Å². The monoisotopic (exact) mass is 318 g/mol. The zero-order chi connectivity index (χ0) is 15.5. The first kappa shape index (κ1) is 14.5. The maximum absolute atomic E-state index is 11.6. The fraction of sp³-hybridized carbons (Fsp3) is 0.286. The number of aromatic nitrogens is 4. The summed E-state index contributed by atoms with van der Waals surface area (Å²) in [5.74, 6) is 1.49. The van der Waals surface area contributed by atoms with Gasteiger partial charge in [0.25, 0.3) is 0 Å². The highest BCUT2D eigenvalue weighted by atomic mass is 32.1. The predicted octanol–water partition coefficient (Wildman–Crippen LogP) is 1.91. The molecule has 3 rings (SSSR count). The molecule has 0 unspecified atom stereocenters. The van der Waals surface area contributed by atoms with Crippen molar-refractivity contribution < 1.29 is 9.26 Å². The van der Waals surface area contributed by atoms with Gasteiger partial charge in [0.2, 0.25) is 17.6 Å². The van der Waals surface area contributed by atoms with Gasteiger partial charge in [-0.1, -0.05) is 16.5 Å². The molecular formula is C14H14N4O3S. The van der Waals surface area contributed by atoms with E-state index < -0.39 is 0 Å². The summed E-state index contributed by atoms with van der Waals surface area (Å²) < 4.78 is 11.9. The van der Waals surface area contributed by atoms with E-state index in [9.17, 15) is 4.79 Å². The molecule has 0 aliphatic rings. The van der Waals surface area contributed by atoms with E-state index >= 15 is 0 Å². The molecule has 0 saturated heterocycles. The van der Waals surface area contributed by atoms with Crippen LogP contribution in [0.5, 0.6) is 5.88 Å². The zero-order valence-corrected chi connectivity index (χ0v) is 13.0. The van der Waals surface area contributed by atoms with Crippen LogP contribution >= 0.6 is 11.3 Å². The highest BCUT2D eigenvalue weighted by Crippen LogP contribution is 2.17. The van der Waals surface area contributed by atoms with Gasteiger partial charge < -0.3 is 13.8 Å². The molecule has 0 N–H and O–H groups in total. The molecule has 3 heterocycles. The maximum Gasteiger partial charge on any atom is 0.307 e. The van der Waals surface area contributed by atoms with Crippen LogP contribution in [-0.2, 0) is 13.0 Å². The molecule has 0 aliphatic carbocycles. The van der Waals surface area contributed by atoms with Gasteiger partial charge >= 0.3 is 4.87 Å². The van der Waals surface area contributed by atoms with Gasteiger partial charge in [-0.25, -0.2) is 4.98 Å². The van der Waals surface area contributed by atoms with Crippen molar-refractivity contribution in [2.75, 3.05) is 7.11 Å². The Kier molecular flexibility index (Phi) is 4.01. The van der Waals surface area contributed by atoms with Crippen LogP contribution in [0.15, 0.2) is 33.0 Å². The topological polar surface area (TPSA) is 83.0 Å². The van der Waals surface area contributed by atoms with Gasteiger partial charge in [-0.2, -0.15) is 4.98 Å². The number of pyridine rings is 1. The molecule has 8 heteroatoms. The maximum atomic E-state index is 11.6. The minimum Gasteiger partial charge on any atom is -0.481 e. The molecule has 22 heavy (non-hydrogen) atoms. The lowest BCUT2D eigenvalue weighted by atomic mass is 10.3. The van der Waals surface area contributed by atoms with E-state index in [1.54, 1.807) is 23.9 Å². The number of ether oxygens (including phenoxy) is 1. The van der Waals surface area contributed by atoms with Crippen LogP contribution in [0.4, 0.5) is 0 Å². The first-order valence-electron chi connectivity index (χ1n) is 6.65. The standard InChI is InChI=1S/C14H14N4O3S/c1-9-8-22-14(19)18(9)6-5-12-16-13(17-21-12)10-3-4-11(20-2)15-7-10/h3-4,7-8H,5-6H2,1-2H3. The molecular weight excluding hydrogens is 304 g/mol. The van der Waals surface area contributed by atoms with Crippen LogP contribution in [0.3, 0.4) is 0 Å². The summed E-state index contributed by atoms with van der Waals surface area (Å²) in [4.78, 5) is 20.1. The van der Waals surface area contributed by atoms with Crippen LogP contribution in [0.25, 0.3) is 11.4 Å². The van der Waals surface area contributed by atoms with Crippen molar-refractivity contribution in [3.8, 4) is 17.3 Å². The van der Waals surface area contributed by atoms with Crippen molar-refractivity contribution in [1.82, 2.24) is 19.7 Å². The van der Waals surface area contributed by atoms with Crippen LogP contribution in [0.2, 0.25) is 0 Å². The van der Waals surface area contributed by atoms with Gasteiger partial charge in [0.05, 0.1) is 7.11 Å². The van der Waals surface area contributed by atoms with Crippen LogP contribution < -0.4 is 9.61 Å². The SMILES string of the molecule is COc1ccc(-c2noc(CCn3c(C)csc3=O)n2)cn1. The molecule has 0 spiro atoms. The number of rotatable bonds is 5. The summed E-state index contributed by atoms with van der Waals surface area (Å²) in [7, 11) is 1.56. The number of methoxy groups -OCH3 is 1. The van der Waals surface area contributed by atoms with Crippen molar-refractivity contribution in [2.24, 2.45) is 0 Å². The molecule has 0 aromatic carbocycles. The minimum absolute atomic E-state index is 0.0246. The first-order valence-corrected chi connectivity index (χ1v) is 7.53. The van der Waals surface area contributed by atoms with Crippen LogP contribution in [0.1, 0.15) is 11.6 Å². The summed E-state index contributed by atoms with van der Waals surface area (Å²) in [6.07, 6.45) is 2.13. The van der Waals surface area contributed by atoms with E-state index in [1.807, 2.05) is 18.4 Å². The quantitative estimate of drug-likeness (QED) is 0.714. The Hall–Kier alpha value is -2.48. The summed E-state index contributed by atoms with van der Waals surface area (Å²) in [6.45, 7) is 2.43. The number of nitrogens with zero attached hydrogens (tertiary/aromatic N) is 4. The molecule has 3 aromatic heterocycles. The molecule has 0 bridgehead atoms. The summed E-state index contributed by atoms with van der Waals surface area (Å²) in [5.41, 5.74) is 1.69. The lowest BCUT2D eigenvalue weighted by Crippen LogP contribution is -2.16. The second kappa shape index (κ2) is 6.10. The fourth-order valence-corrected chi connectivity index (χ4v) is 2.75. The van der Waals surface area contributed by atoms with E-state index in [4.69, 9.17) is 9.26 Å². The van der Waals surface area contributed by atoms with E-state index in [0.29, 0.717) is 30.6 Å². The second-order valence-corrected chi connectivity index (χ2v) is 5.47. The molecule has 3 aromatic rings. The zero-order valence-electron chi connectivity index (χ0n) is 12.1. The predicted molar refractivity (Wildman–Crippen MR) is 81.1 cm³/mol. The van der Waals surface area contributed by atoms with Crippen molar-refractivity contribution in [3.05, 3.63) is 45.0 Å². The van der Waals surface area contributed by atoms with Gasteiger partial charge in [0.15, 0.2) is 0 Å². The number of hydrogen-bond acceptors (Lipinski definition) is 7. The Balaban J connectivity index is 1.72. The van der Waals surface area contributed by atoms with E-state index in [1.165, 1.54) is 11.3 Å². The number of hydrogen-bond donors (Lipinski definition) is 0. The average molecular weight is 318 g/mol. The molecule has 0 atom stereocenters. The van der Waals surface area contributed by atoms with Gasteiger partial charge in [-0.05, 0) is 13.0 Å². The smallest absolute Gasteiger partial charge is 0.307 e. The third-order valence-corrected chi connectivity index (χ3v) is 4.08. The summed E-state index contributed by atoms with van der Waals surface area (Å²) in [5, 5.41) is 5.77. The molecule has 0 aliphatic heterocycles. The van der Waals surface area contributed by atoms with Crippen molar-refractivity contribution >= 4 is 11.3 Å². The first-order chi connectivity index (χ1) is 10.7. The Bertz CT molecular complexity index is 819. The largest absolute Gasteiger partial charge is 0.481 e. The Labute approximate surface area is 130 Å². The van der Waals surface area contributed by atoms with Crippen molar-refractivity contribution in [2.45, 2.75) is 19.9 Å². The Morgan fingerprint density at radius 3 is 2.91 bits per heavy atom. The normalized spacial score (nSPS) is 10.8. The summed E-state index contributed by atoms with van der Waals surface area (Å²) in [6, 6.07) is 3.55. The van der Waals surface area contributed by atoms with Gasteiger partial charge in [-0.3, -0.25) is 4.79 Å². The highest BCUT2D eigenvalue weighted by molar-refractivity contribution is 7.07. The molecule has 114 valence electrons. The minimum atomic E-state index is 0.0246. The van der Waals surface area contributed by atoms with Crippen molar-refractivity contribution in [3.63, 3.8) is 0 Å². The highest BCUT2D eigenvalue weighted by Gasteiger charge is 2.10. The molecule has 7 nitrogen and oxygen atoms in total. The van der Waals surface area contributed by atoms with Crippen LogP contribution in [0, 0.1) is 6.92 Å². The number of thiazole rings is 1. The Morgan fingerprint density at radius 1 is 1.41 bits per heavy atom. The fourth-order valence-electron chi connectivity index (χ4n) is 1.99. The lowest BCUT2D eigenvalue weighted by molar-refractivity contribution is 0.371. The van der Waals surface area contributed by atoms with Crippen molar-refractivity contribution in [1.29, 1.82) is 0 Å². The second-order valence-electron chi connectivity index (χ2n) is 4.65. The molecule has 0 saturated carbocycles. The van der Waals surface area contributed by atoms with Gasteiger partial charge in [0.1, 0.15) is 0 Å². The Morgan fingerprint density at radius 2 is 2.27 bits per heavy atom. The third kappa shape index (κ3) is 2.91. The average Bonchev–Trinajstić information content (AvgIpc) is 3.13. The molecule has 0 amide bonds. The summed E-state index contributed by atoms with van der Waals surface area (Å²) >= 11 is 1.19. The van der Waals surface area contributed by atoms with E-state index in [-0.39, 0.29) is 4.87 Å². The molecule has 0 radical (unpaired) electrons. The number of aryl methyl sites for hydroxylation is 2. The van der Waals surface area contributed by atoms with Crippen LogP contribution in [-0.4, -0.2) is 26.8 Å². The van der Waals surface area contributed by atoms with Gasteiger partial charge in [-0.15, -0.1) is 0 Å². The van der Waals surface area contributed by atoms with E-state index in [2.05, 4.69) is 15.1 Å². The lowest BCUT2D eigenvalue weighted by Gasteiger charge is -2.00. The molecule has 0 fully saturated rings. The third-order valence-electron chi connectivity index (χ3n) is 3.20. The van der Waals surface area contributed by atoms with E-state index in [0.717, 1.165) is 11.3 Å².